The predicted octanol–water partition coefficient (Wildman–Crippen LogP) is 3.70. The molecular formula is C12H15ClINO2. The van der Waals surface area contributed by atoms with Crippen LogP contribution < -0.4 is 5.32 Å². The van der Waals surface area contributed by atoms with E-state index in [-0.39, 0.29) is 12.3 Å². The lowest BCUT2D eigenvalue weighted by atomic mass is 10.0. The molecule has 0 unspecified atom stereocenters. The molecule has 0 spiro atoms. The van der Waals surface area contributed by atoms with Crippen molar-refractivity contribution in [2.24, 2.45) is 0 Å². The van der Waals surface area contributed by atoms with Crippen LogP contribution in [-0.2, 0) is 9.53 Å². The van der Waals surface area contributed by atoms with Gasteiger partial charge in [0, 0.05) is 10.7 Å². The van der Waals surface area contributed by atoms with Crippen molar-refractivity contribution in [3.05, 3.63) is 26.8 Å². The van der Waals surface area contributed by atoms with Crippen LogP contribution in [0.5, 0.6) is 0 Å². The number of ether oxygens (including phenoxy) is 1. The van der Waals surface area contributed by atoms with Gasteiger partial charge in [-0.3, -0.25) is 4.79 Å². The van der Waals surface area contributed by atoms with E-state index in [9.17, 15) is 4.79 Å². The summed E-state index contributed by atoms with van der Waals surface area (Å²) in [6, 6.07) is 5.49. The number of carbonyl (C=O) groups excluding carboxylic acids is 1. The lowest BCUT2D eigenvalue weighted by Gasteiger charge is -2.22. The maximum atomic E-state index is 11.8. The summed E-state index contributed by atoms with van der Waals surface area (Å²) in [6.45, 7) is 3.73. The molecule has 94 valence electrons. The molecule has 3 nitrogen and oxygen atoms in total. The molecule has 0 aliphatic carbocycles. The van der Waals surface area contributed by atoms with Crippen LogP contribution in [0.3, 0.4) is 0 Å². The summed E-state index contributed by atoms with van der Waals surface area (Å²) < 4.78 is 6.23. The van der Waals surface area contributed by atoms with Gasteiger partial charge < -0.3 is 10.1 Å². The molecular weight excluding hydrogens is 352 g/mol. The average Bonchev–Trinajstić information content (AvgIpc) is 2.21. The summed E-state index contributed by atoms with van der Waals surface area (Å²) in [5.74, 6) is -0.111. The number of methoxy groups -OCH3 is 1. The highest BCUT2D eigenvalue weighted by molar-refractivity contribution is 14.1. The first-order valence-electron chi connectivity index (χ1n) is 5.14. The van der Waals surface area contributed by atoms with Crippen LogP contribution in [0.4, 0.5) is 5.69 Å². The maximum absolute atomic E-state index is 11.8. The number of carbonyl (C=O) groups is 1. The molecule has 5 heteroatoms. The Balaban J connectivity index is 2.69. The van der Waals surface area contributed by atoms with Gasteiger partial charge in [-0.05, 0) is 54.6 Å². The van der Waals surface area contributed by atoms with Crippen LogP contribution in [0, 0.1) is 3.57 Å². The molecule has 0 bridgehead atoms. The Labute approximate surface area is 120 Å². The van der Waals surface area contributed by atoms with Gasteiger partial charge in [-0.15, -0.1) is 0 Å². The van der Waals surface area contributed by atoms with E-state index in [1.165, 1.54) is 0 Å². The molecule has 0 radical (unpaired) electrons. The number of halogens is 2. The smallest absolute Gasteiger partial charge is 0.227 e. The average molecular weight is 368 g/mol. The van der Waals surface area contributed by atoms with Gasteiger partial charge in [-0.25, -0.2) is 0 Å². The quantitative estimate of drug-likeness (QED) is 0.824. The fourth-order valence-corrected chi connectivity index (χ4v) is 2.15. The molecule has 0 aliphatic rings. The lowest BCUT2D eigenvalue weighted by Crippen LogP contribution is -2.29. The van der Waals surface area contributed by atoms with E-state index in [0.717, 1.165) is 3.57 Å². The van der Waals surface area contributed by atoms with E-state index in [1.54, 1.807) is 19.2 Å². The standard InChI is InChI=1S/C12H15ClINO2/c1-12(2,17-3)7-11(16)15-10-5-4-8(14)6-9(10)13/h4-6H,7H2,1-3H3,(H,15,16). The van der Waals surface area contributed by atoms with Gasteiger partial charge in [0.1, 0.15) is 0 Å². The molecule has 0 fully saturated rings. The third-order valence-corrected chi connectivity index (χ3v) is 3.33. The van der Waals surface area contributed by atoms with Crippen LogP contribution in [0.25, 0.3) is 0 Å². The van der Waals surface area contributed by atoms with Gasteiger partial charge in [-0.1, -0.05) is 11.6 Å². The van der Waals surface area contributed by atoms with Crippen molar-refractivity contribution >= 4 is 45.8 Å². The zero-order valence-corrected chi connectivity index (χ0v) is 12.9. The molecule has 0 aliphatic heterocycles. The second-order valence-electron chi connectivity index (χ2n) is 4.31. The highest BCUT2D eigenvalue weighted by Gasteiger charge is 2.21. The summed E-state index contributed by atoms with van der Waals surface area (Å²) in [7, 11) is 1.59. The van der Waals surface area contributed by atoms with Gasteiger partial charge >= 0.3 is 0 Å². The van der Waals surface area contributed by atoms with Crippen molar-refractivity contribution in [2.45, 2.75) is 25.9 Å². The number of amides is 1. The predicted molar refractivity (Wildman–Crippen MR) is 78.5 cm³/mol. The van der Waals surface area contributed by atoms with E-state index in [1.807, 2.05) is 19.9 Å². The zero-order valence-electron chi connectivity index (χ0n) is 10.0. The SMILES string of the molecule is COC(C)(C)CC(=O)Nc1ccc(I)cc1Cl. The van der Waals surface area contributed by atoms with Gasteiger partial charge in [0.05, 0.1) is 22.7 Å². The summed E-state index contributed by atoms with van der Waals surface area (Å²) in [5.41, 5.74) is 0.156. The van der Waals surface area contributed by atoms with Gasteiger partial charge in [0.2, 0.25) is 5.91 Å². The number of hydrogen-bond acceptors (Lipinski definition) is 2. The molecule has 1 rings (SSSR count). The number of nitrogens with one attached hydrogen (secondary N) is 1. The van der Waals surface area contributed by atoms with E-state index >= 15 is 0 Å². The topological polar surface area (TPSA) is 38.3 Å². The second-order valence-corrected chi connectivity index (χ2v) is 5.97. The molecule has 1 aromatic rings. The molecule has 1 N–H and O–H groups in total. The first kappa shape index (κ1) is 14.7. The summed E-state index contributed by atoms with van der Waals surface area (Å²) in [5, 5.41) is 3.32. The normalized spacial score (nSPS) is 11.4. The summed E-state index contributed by atoms with van der Waals surface area (Å²) in [4.78, 5) is 11.8. The minimum Gasteiger partial charge on any atom is -0.378 e. The monoisotopic (exact) mass is 367 g/mol. The van der Waals surface area contributed by atoms with Gasteiger partial charge in [-0.2, -0.15) is 0 Å². The van der Waals surface area contributed by atoms with E-state index in [2.05, 4.69) is 27.9 Å². The molecule has 0 aromatic heterocycles. The Morgan fingerprint density at radius 2 is 2.18 bits per heavy atom. The molecule has 1 aromatic carbocycles. The molecule has 1 amide bonds. The molecule has 0 saturated heterocycles. The Morgan fingerprint density at radius 1 is 1.53 bits per heavy atom. The third-order valence-electron chi connectivity index (χ3n) is 2.34. The van der Waals surface area contributed by atoms with Crippen LogP contribution >= 0.6 is 34.2 Å². The van der Waals surface area contributed by atoms with Crippen LogP contribution in [0.1, 0.15) is 20.3 Å². The molecule has 0 heterocycles. The minimum atomic E-state index is -0.472. The van der Waals surface area contributed by atoms with Crippen molar-refractivity contribution in [1.82, 2.24) is 0 Å². The van der Waals surface area contributed by atoms with Gasteiger partial charge in [0.25, 0.3) is 0 Å². The highest BCUT2D eigenvalue weighted by Crippen LogP contribution is 2.24. The van der Waals surface area contributed by atoms with E-state index < -0.39 is 5.60 Å². The van der Waals surface area contributed by atoms with Crippen LogP contribution in [-0.4, -0.2) is 18.6 Å². The van der Waals surface area contributed by atoms with Crippen LogP contribution in [0.2, 0.25) is 5.02 Å². The van der Waals surface area contributed by atoms with Crippen molar-refractivity contribution in [1.29, 1.82) is 0 Å². The zero-order chi connectivity index (χ0) is 13.1. The lowest BCUT2D eigenvalue weighted by molar-refractivity contribution is -0.121. The van der Waals surface area contributed by atoms with E-state index in [0.29, 0.717) is 10.7 Å². The second kappa shape index (κ2) is 6.02. The largest absolute Gasteiger partial charge is 0.378 e. The third kappa shape index (κ3) is 4.81. The Kier molecular flexibility index (Phi) is 5.22. The van der Waals surface area contributed by atoms with Crippen LogP contribution in [0.15, 0.2) is 18.2 Å². The fraction of sp³-hybridized carbons (Fsp3) is 0.417. The van der Waals surface area contributed by atoms with Crippen molar-refractivity contribution in [3.8, 4) is 0 Å². The fourth-order valence-electron chi connectivity index (χ4n) is 1.24. The van der Waals surface area contributed by atoms with Gasteiger partial charge in [0.15, 0.2) is 0 Å². The molecule has 0 saturated carbocycles. The number of hydrogen-bond donors (Lipinski definition) is 1. The molecule has 17 heavy (non-hydrogen) atoms. The first-order chi connectivity index (χ1) is 7.84. The van der Waals surface area contributed by atoms with Crippen molar-refractivity contribution in [3.63, 3.8) is 0 Å². The Bertz CT molecular complexity index is 421. The van der Waals surface area contributed by atoms with Crippen molar-refractivity contribution in [2.75, 3.05) is 12.4 Å². The maximum Gasteiger partial charge on any atom is 0.227 e. The first-order valence-corrected chi connectivity index (χ1v) is 6.60. The molecule has 0 atom stereocenters. The Morgan fingerprint density at radius 3 is 2.71 bits per heavy atom. The Hall–Kier alpha value is -0.330. The minimum absolute atomic E-state index is 0.111. The number of benzene rings is 1. The number of anilines is 1. The highest BCUT2D eigenvalue weighted by atomic mass is 127. The number of rotatable bonds is 4. The summed E-state index contributed by atoms with van der Waals surface area (Å²) >= 11 is 8.19. The summed E-state index contributed by atoms with van der Waals surface area (Å²) in [6.07, 6.45) is 0.284. The van der Waals surface area contributed by atoms with Crippen molar-refractivity contribution < 1.29 is 9.53 Å². The van der Waals surface area contributed by atoms with E-state index in [4.69, 9.17) is 16.3 Å².